The Kier molecular flexibility index (Phi) is 3.57. The van der Waals surface area contributed by atoms with Crippen molar-refractivity contribution in [2.75, 3.05) is 18.4 Å². The van der Waals surface area contributed by atoms with Gasteiger partial charge >= 0.3 is 0 Å². The third-order valence-electron chi connectivity index (χ3n) is 3.36. The molecule has 0 aliphatic carbocycles. The number of benzene rings is 1. The number of hydrogen-bond acceptors (Lipinski definition) is 4. The van der Waals surface area contributed by atoms with Gasteiger partial charge in [0.1, 0.15) is 5.01 Å². The van der Waals surface area contributed by atoms with Crippen molar-refractivity contribution < 1.29 is 0 Å². The molecule has 2 N–H and O–H groups in total. The Balaban J connectivity index is 1.60. The lowest BCUT2D eigenvalue weighted by atomic mass is 9.91. The molecule has 0 spiro atoms. The highest BCUT2D eigenvalue weighted by Gasteiger charge is 2.18. The van der Waals surface area contributed by atoms with Crippen LogP contribution in [-0.2, 0) is 6.54 Å². The first kappa shape index (κ1) is 11.7. The fourth-order valence-electron chi connectivity index (χ4n) is 2.46. The molecule has 1 aliphatic heterocycles. The molecule has 1 unspecified atom stereocenters. The number of anilines is 1. The van der Waals surface area contributed by atoms with Gasteiger partial charge < -0.3 is 10.6 Å². The first-order valence-electron chi connectivity index (χ1n) is 6.35. The molecule has 1 aromatic heterocycles. The van der Waals surface area contributed by atoms with Crippen molar-refractivity contribution in [2.24, 2.45) is 0 Å². The van der Waals surface area contributed by atoms with Crippen molar-refractivity contribution in [3.8, 4) is 0 Å². The van der Waals surface area contributed by atoms with Gasteiger partial charge in [-0.2, -0.15) is 0 Å². The topological polar surface area (TPSA) is 37.0 Å². The van der Waals surface area contributed by atoms with Gasteiger partial charge in [0.05, 0.1) is 0 Å². The summed E-state index contributed by atoms with van der Waals surface area (Å²) in [6.07, 6.45) is 3.06. The lowest BCUT2D eigenvalue weighted by Crippen LogP contribution is -2.26. The molecule has 0 radical (unpaired) electrons. The van der Waals surface area contributed by atoms with Crippen LogP contribution in [0.1, 0.15) is 22.9 Å². The van der Waals surface area contributed by atoms with Crippen LogP contribution in [0.15, 0.2) is 35.8 Å². The molecule has 2 aromatic rings. The summed E-state index contributed by atoms with van der Waals surface area (Å²) in [5.74, 6) is 0.613. The van der Waals surface area contributed by atoms with Crippen LogP contribution in [0.4, 0.5) is 5.69 Å². The minimum Gasteiger partial charge on any atom is -0.385 e. The molecule has 2 heterocycles. The first-order chi connectivity index (χ1) is 8.93. The van der Waals surface area contributed by atoms with Crippen LogP contribution in [0.25, 0.3) is 0 Å². The predicted molar refractivity (Wildman–Crippen MR) is 76.1 cm³/mol. The van der Waals surface area contributed by atoms with Gasteiger partial charge in [-0.1, -0.05) is 18.2 Å². The van der Waals surface area contributed by atoms with E-state index in [4.69, 9.17) is 0 Å². The minimum absolute atomic E-state index is 0.613. The molecular weight excluding hydrogens is 242 g/mol. The number of thiazole rings is 1. The molecule has 3 nitrogen and oxygen atoms in total. The predicted octanol–water partition coefficient (Wildman–Crippen LogP) is 2.83. The van der Waals surface area contributed by atoms with E-state index in [1.54, 1.807) is 11.3 Å². The van der Waals surface area contributed by atoms with E-state index in [0.717, 1.165) is 24.6 Å². The first-order valence-corrected chi connectivity index (χ1v) is 7.23. The maximum absolute atomic E-state index is 4.29. The number of nitrogens with one attached hydrogen (secondary N) is 2. The number of rotatable bonds is 4. The van der Waals surface area contributed by atoms with E-state index in [0.29, 0.717) is 5.92 Å². The molecule has 94 valence electrons. The van der Waals surface area contributed by atoms with Gasteiger partial charge in [-0.05, 0) is 18.1 Å². The summed E-state index contributed by atoms with van der Waals surface area (Å²) in [6, 6.07) is 8.62. The van der Waals surface area contributed by atoms with Gasteiger partial charge in [-0.15, -0.1) is 11.3 Å². The molecule has 0 bridgehead atoms. The monoisotopic (exact) mass is 259 g/mol. The van der Waals surface area contributed by atoms with Crippen LogP contribution in [0, 0.1) is 0 Å². The van der Waals surface area contributed by atoms with Crippen molar-refractivity contribution in [1.29, 1.82) is 0 Å². The standard InChI is InChI=1S/C14H17N3S/c1-2-4-13-12(3-1)11(5-6-16-13)9-15-10-14-17-7-8-18-14/h1-4,7-8,11,15-16H,5-6,9-10H2. The van der Waals surface area contributed by atoms with Crippen molar-refractivity contribution in [3.63, 3.8) is 0 Å². The summed E-state index contributed by atoms with van der Waals surface area (Å²) in [5.41, 5.74) is 2.74. The van der Waals surface area contributed by atoms with E-state index in [2.05, 4.69) is 39.9 Å². The Morgan fingerprint density at radius 2 is 2.33 bits per heavy atom. The smallest absolute Gasteiger partial charge is 0.106 e. The Labute approximate surface area is 111 Å². The molecule has 0 fully saturated rings. The van der Waals surface area contributed by atoms with Crippen molar-refractivity contribution in [2.45, 2.75) is 18.9 Å². The fraction of sp³-hybridized carbons (Fsp3) is 0.357. The third kappa shape index (κ3) is 2.54. The van der Waals surface area contributed by atoms with Crippen LogP contribution >= 0.6 is 11.3 Å². The van der Waals surface area contributed by atoms with E-state index < -0.39 is 0 Å². The quantitative estimate of drug-likeness (QED) is 0.886. The van der Waals surface area contributed by atoms with Crippen LogP contribution in [-0.4, -0.2) is 18.1 Å². The van der Waals surface area contributed by atoms with E-state index in [1.807, 2.05) is 11.6 Å². The van der Waals surface area contributed by atoms with Gasteiger partial charge in [-0.25, -0.2) is 4.98 Å². The summed E-state index contributed by atoms with van der Waals surface area (Å²) in [6.45, 7) is 2.97. The van der Waals surface area contributed by atoms with Crippen molar-refractivity contribution in [1.82, 2.24) is 10.3 Å². The van der Waals surface area contributed by atoms with E-state index >= 15 is 0 Å². The maximum Gasteiger partial charge on any atom is 0.106 e. The zero-order valence-corrected chi connectivity index (χ0v) is 11.0. The second-order valence-corrected chi connectivity index (χ2v) is 5.54. The molecule has 1 aliphatic rings. The normalized spacial score (nSPS) is 18.1. The summed E-state index contributed by atoms with van der Waals surface area (Å²) in [7, 11) is 0. The van der Waals surface area contributed by atoms with E-state index in [-0.39, 0.29) is 0 Å². The van der Waals surface area contributed by atoms with Crippen LogP contribution in [0.2, 0.25) is 0 Å². The molecule has 1 atom stereocenters. The maximum atomic E-state index is 4.29. The minimum atomic E-state index is 0.613. The number of aromatic nitrogens is 1. The Morgan fingerprint density at radius 3 is 3.22 bits per heavy atom. The zero-order valence-electron chi connectivity index (χ0n) is 10.2. The zero-order chi connectivity index (χ0) is 12.2. The number of hydrogen-bond donors (Lipinski definition) is 2. The molecule has 18 heavy (non-hydrogen) atoms. The second-order valence-electron chi connectivity index (χ2n) is 4.56. The molecular formula is C14H17N3S. The highest BCUT2D eigenvalue weighted by atomic mass is 32.1. The average Bonchev–Trinajstić information content (AvgIpc) is 2.92. The SMILES string of the molecule is c1ccc2c(c1)NCCC2CNCc1nccs1. The Bertz CT molecular complexity index is 496. The summed E-state index contributed by atoms with van der Waals surface area (Å²) >= 11 is 1.71. The lowest BCUT2D eigenvalue weighted by molar-refractivity contribution is 0.551. The van der Waals surface area contributed by atoms with Gasteiger partial charge in [0.15, 0.2) is 0 Å². The Morgan fingerprint density at radius 1 is 1.39 bits per heavy atom. The average molecular weight is 259 g/mol. The molecule has 0 saturated carbocycles. The largest absolute Gasteiger partial charge is 0.385 e. The highest BCUT2D eigenvalue weighted by Crippen LogP contribution is 2.30. The number of fused-ring (bicyclic) bond motifs is 1. The van der Waals surface area contributed by atoms with Gasteiger partial charge in [0, 0.05) is 42.8 Å². The summed E-state index contributed by atoms with van der Waals surface area (Å²) in [4.78, 5) is 4.29. The van der Waals surface area contributed by atoms with Crippen molar-refractivity contribution >= 4 is 17.0 Å². The summed E-state index contributed by atoms with van der Waals surface area (Å²) in [5, 5.41) is 10.2. The van der Waals surface area contributed by atoms with Gasteiger partial charge in [0.2, 0.25) is 0 Å². The molecule has 1 aromatic carbocycles. The van der Waals surface area contributed by atoms with Crippen LogP contribution < -0.4 is 10.6 Å². The van der Waals surface area contributed by atoms with Crippen LogP contribution in [0.5, 0.6) is 0 Å². The van der Waals surface area contributed by atoms with Crippen molar-refractivity contribution in [3.05, 3.63) is 46.4 Å². The number of nitrogens with zero attached hydrogens (tertiary/aromatic N) is 1. The second kappa shape index (κ2) is 5.50. The number of para-hydroxylation sites is 1. The fourth-order valence-corrected chi connectivity index (χ4v) is 3.04. The van der Waals surface area contributed by atoms with E-state index in [9.17, 15) is 0 Å². The molecule has 4 heteroatoms. The third-order valence-corrected chi connectivity index (χ3v) is 4.14. The molecule has 0 saturated heterocycles. The molecule has 3 rings (SSSR count). The highest BCUT2D eigenvalue weighted by molar-refractivity contribution is 7.09. The van der Waals surface area contributed by atoms with Gasteiger partial charge in [-0.3, -0.25) is 0 Å². The Hall–Kier alpha value is -1.39. The summed E-state index contributed by atoms with van der Waals surface area (Å²) < 4.78 is 0. The van der Waals surface area contributed by atoms with Gasteiger partial charge in [0.25, 0.3) is 0 Å². The molecule has 0 amide bonds. The van der Waals surface area contributed by atoms with Crippen LogP contribution in [0.3, 0.4) is 0 Å². The van der Waals surface area contributed by atoms with E-state index in [1.165, 1.54) is 17.7 Å². The lowest BCUT2D eigenvalue weighted by Gasteiger charge is -2.26.